The van der Waals surface area contributed by atoms with Crippen LogP contribution in [0.15, 0.2) is 5.38 Å². The summed E-state index contributed by atoms with van der Waals surface area (Å²) in [4.78, 5) is 19.9. The number of nitrogens with zero attached hydrogens (tertiary/aromatic N) is 3. The van der Waals surface area contributed by atoms with Crippen molar-refractivity contribution in [3.8, 4) is 0 Å². The van der Waals surface area contributed by atoms with Gasteiger partial charge in [0.25, 0.3) is 0 Å². The highest BCUT2D eigenvalue weighted by molar-refractivity contribution is 7.10. The molecule has 90 valence electrons. The lowest BCUT2D eigenvalue weighted by Gasteiger charge is -1.97. The predicted octanol–water partition coefficient (Wildman–Crippen LogP) is 2.22. The number of hydrogen-bond acceptors (Lipinski definition) is 6. The number of halogens is 1. The van der Waals surface area contributed by atoms with Crippen LogP contribution in [-0.4, -0.2) is 20.2 Å². The first-order valence-electron chi connectivity index (χ1n) is 4.77. The van der Waals surface area contributed by atoms with Crippen LogP contribution < -0.4 is 5.32 Å². The average molecular weight is 289 g/mol. The van der Waals surface area contributed by atoms with Crippen LogP contribution in [0, 0.1) is 6.92 Å². The summed E-state index contributed by atoms with van der Waals surface area (Å²) in [5.41, 5.74) is 0.797. The number of hydrogen-bond donors (Lipinski definition) is 1. The van der Waals surface area contributed by atoms with Crippen LogP contribution in [-0.2, 0) is 17.1 Å². The van der Waals surface area contributed by atoms with Crippen LogP contribution in [0.2, 0.25) is 0 Å². The summed E-state index contributed by atoms with van der Waals surface area (Å²) in [6.45, 7) is 1.78. The van der Waals surface area contributed by atoms with Crippen molar-refractivity contribution < 1.29 is 4.79 Å². The zero-order valence-electron chi connectivity index (χ0n) is 8.94. The molecule has 1 amide bonds. The molecule has 5 nitrogen and oxygen atoms in total. The fourth-order valence-corrected chi connectivity index (χ4v) is 2.75. The van der Waals surface area contributed by atoms with E-state index in [1.54, 1.807) is 6.92 Å². The normalized spacial score (nSPS) is 10.5. The van der Waals surface area contributed by atoms with Gasteiger partial charge in [0, 0.05) is 16.9 Å². The minimum absolute atomic E-state index is 0.142. The van der Waals surface area contributed by atoms with Crippen molar-refractivity contribution in [1.29, 1.82) is 0 Å². The lowest BCUT2D eigenvalue weighted by Crippen LogP contribution is -2.14. The van der Waals surface area contributed by atoms with Gasteiger partial charge in [-0.25, -0.2) is 9.97 Å². The Labute approximate surface area is 111 Å². The highest BCUT2D eigenvalue weighted by Crippen LogP contribution is 2.14. The summed E-state index contributed by atoms with van der Waals surface area (Å²) in [6.07, 6.45) is 0.236. The number of nitrogens with one attached hydrogen (secondary N) is 1. The number of anilines is 1. The maximum atomic E-state index is 11.7. The molecule has 0 fully saturated rings. The van der Waals surface area contributed by atoms with Gasteiger partial charge in [-0.15, -0.1) is 22.9 Å². The summed E-state index contributed by atoms with van der Waals surface area (Å²) in [5, 5.41) is 5.79. The second kappa shape index (κ2) is 5.52. The van der Waals surface area contributed by atoms with E-state index in [1.807, 2.05) is 5.38 Å². The number of carbonyl (C=O) groups excluding carboxylic acids is 1. The molecule has 0 radical (unpaired) electrons. The van der Waals surface area contributed by atoms with Gasteiger partial charge >= 0.3 is 0 Å². The molecule has 2 aromatic rings. The molecule has 0 aliphatic heterocycles. The molecule has 17 heavy (non-hydrogen) atoms. The van der Waals surface area contributed by atoms with E-state index >= 15 is 0 Å². The third kappa shape index (κ3) is 3.45. The largest absolute Gasteiger partial charge is 0.300 e. The fourth-order valence-electron chi connectivity index (χ4n) is 1.14. The van der Waals surface area contributed by atoms with E-state index in [-0.39, 0.29) is 12.3 Å². The van der Waals surface area contributed by atoms with E-state index in [0.29, 0.717) is 16.8 Å². The Hall–Kier alpha value is -1.05. The standard InChI is InChI=1S/C9H9ClN4OS2/c1-5-11-9(17-14-5)13-7(15)2-8-12-6(3-10)4-16-8/h4H,2-3H2,1H3,(H,11,13,14,15). The topological polar surface area (TPSA) is 67.8 Å². The fraction of sp³-hybridized carbons (Fsp3) is 0.333. The van der Waals surface area contributed by atoms with E-state index in [2.05, 4.69) is 19.7 Å². The molecule has 2 rings (SSSR count). The average Bonchev–Trinajstić information content (AvgIpc) is 2.88. The molecule has 0 saturated carbocycles. The number of carbonyl (C=O) groups is 1. The SMILES string of the molecule is Cc1nsc(NC(=O)Cc2nc(CCl)cs2)n1. The Morgan fingerprint density at radius 1 is 1.53 bits per heavy atom. The van der Waals surface area contributed by atoms with Crippen molar-refractivity contribution in [3.05, 3.63) is 21.9 Å². The van der Waals surface area contributed by atoms with Crippen LogP contribution >= 0.6 is 34.5 Å². The van der Waals surface area contributed by atoms with E-state index in [9.17, 15) is 4.79 Å². The Kier molecular flexibility index (Phi) is 4.03. The molecule has 0 saturated heterocycles. The molecule has 0 bridgehead atoms. The third-order valence-corrected chi connectivity index (χ3v) is 3.72. The zero-order valence-corrected chi connectivity index (χ0v) is 11.3. The monoisotopic (exact) mass is 288 g/mol. The second-order valence-electron chi connectivity index (χ2n) is 3.24. The number of alkyl halides is 1. The molecular weight excluding hydrogens is 280 g/mol. The first-order chi connectivity index (χ1) is 8.17. The van der Waals surface area contributed by atoms with Crippen LogP contribution in [0.5, 0.6) is 0 Å². The van der Waals surface area contributed by atoms with Gasteiger partial charge in [0.15, 0.2) is 0 Å². The Balaban J connectivity index is 1.93. The molecule has 1 N–H and O–H groups in total. The summed E-state index contributed by atoms with van der Waals surface area (Å²) < 4.78 is 3.98. The zero-order chi connectivity index (χ0) is 12.3. The summed E-state index contributed by atoms with van der Waals surface area (Å²) in [7, 11) is 0. The molecule has 0 aliphatic carbocycles. The Morgan fingerprint density at radius 3 is 2.94 bits per heavy atom. The van der Waals surface area contributed by atoms with Crippen LogP contribution in [0.3, 0.4) is 0 Å². The van der Waals surface area contributed by atoms with Gasteiger partial charge < -0.3 is 5.32 Å². The van der Waals surface area contributed by atoms with Gasteiger partial charge in [-0.2, -0.15) is 4.37 Å². The van der Waals surface area contributed by atoms with Crippen molar-refractivity contribution in [1.82, 2.24) is 14.3 Å². The molecule has 0 spiro atoms. The van der Waals surface area contributed by atoms with E-state index < -0.39 is 0 Å². The van der Waals surface area contributed by atoms with Crippen molar-refractivity contribution in [2.45, 2.75) is 19.2 Å². The lowest BCUT2D eigenvalue weighted by molar-refractivity contribution is -0.115. The highest BCUT2D eigenvalue weighted by Gasteiger charge is 2.10. The molecule has 0 aliphatic rings. The van der Waals surface area contributed by atoms with Crippen molar-refractivity contribution >= 4 is 45.5 Å². The number of aromatic nitrogens is 3. The molecule has 0 aromatic carbocycles. The van der Waals surface area contributed by atoms with Gasteiger partial charge in [-0.3, -0.25) is 4.79 Å². The Morgan fingerprint density at radius 2 is 2.35 bits per heavy atom. The van der Waals surface area contributed by atoms with Gasteiger partial charge in [0.2, 0.25) is 11.0 Å². The number of thiazole rings is 1. The number of amides is 1. The van der Waals surface area contributed by atoms with Crippen molar-refractivity contribution in [2.75, 3.05) is 5.32 Å². The van der Waals surface area contributed by atoms with Gasteiger partial charge in [0.05, 0.1) is 18.0 Å². The van der Waals surface area contributed by atoms with Crippen molar-refractivity contribution in [3.63, 3.8) is 0 Å². The number of rotatable bonds is 4. The molecular formula is C9H9ClN4OS2. The first-order valence-corrected chi connectivity index (χ1v) is 6.95. The highest BCUT2D eigenvalue weighted by atomic mass is 35.5. The summed E-state index contributed by atoms with van der Waals surface area (Å²) in [6, 6.07) is 0. The quantitative estimate of drug-likeness (QED) is 0.876. The van der Waals surface area contributed by atoms with E-state index in [0.717, 1.165) is 10.7 Å². The lowest BCUT2D eigenvalue weighted by atomic mass is 10.4. The molecule has 2 heterocycles. The Bertz CT molecular complexity index is 525. The second-order valence-corrected chi connectivity index (χ2v) is 5.20. The summed E-state index contributed by atoms with van der Waals surface area (Å²) in [5.74, 6) is 0.883. The predicted molar refractivity (Wildman–Crippen MR) is 68.7 cm³/mol. The van der Waals surface area contributed by atoms with Crippen LogP contribution in [0.25, 0.3) is 0 Å². The number of aryl methyl sites for hydroxylation is 1. The molecule has 8 heteroatoms. The maximum absolute atomic E-state index is 11.7. The molecule has 0 unspecified atom stereocenters. The minimum Gasteiger partial charge on any atom is -0.300 e. The minimum atomic E-state index is -0.142. The molecule has 0 atom stereocenters. The van der Waals surface area contributed by atoms with Crippen molar-refractivity contribution in [2.24, 2.45) is 0 Å². The third-order valence-electron chi connectivity index (χ3n) is 1.82. The van der Waals surface area contributed by atoms with Crippen LogP contribution in [0.4, 0.5) is 5.13 Å². The van der Waals surface area contributed by atoms with Gasteiger partial charge in [0.1, 0.15) is 10.8 Å². The maximum Gasteiger partial charge on any atom is 0.233 e. The first kappa shape index (κ1) is 12.4. The summed E-state index contributed by atoms with van der Waals surface area (Å²) >= 11 is 8.23. The van der Waals surface area contributed by atoms with E-state index in [4.69, 9.17) is 11.6 Å². The van der Waals surface area contributed by atoms with Crippen LogP contribution in [0.1, 0.15) is 16.5 Å². The van der Waals surface area contributed by atoms with E-state index in [1.165, 1.54) is 22.9 Å². The van der Waals surface area contributed by atoms with Gasteiger partial charge in [-0.05, 0) is 6.92 Å². The smallest absolute Gasteiger partial charge is 0.233 e. The molecule has 2 aromatic heterocycles. The van der Waals surface area contributed by atoms with Gasteiger partial charge in [-0.1, -0.05) is 0 Å².